The lowest BCUT2D eigenvalue weighted by atomic mass is 9.73. The Morgan fingerprint density at radius 3 is 2.68 bits per heavy atom. The summed E-state index contributed by atoms with van der Waals surface area (Å²) >= 11 is 5.94. The van der Waals surface area contributed by atoms with Crippen molar-refractivity contribution in [3.8, 4) is 5.75 Å². The van der Waals surface area contributed by atoms with Crippen molar-refractivity contribution in [1.82, 2.24) is 5.32 Å². The predicted octanol–water partition coefficient (Wildman–Crippen LogP) is 3.74. The normalized spacial score (nSPS) is 15.6. The molecule has 0 unspecified atom stereocenters. The smallest absolute Gasteiger partial charge is 0.282 e. The Bertz CT molecular complexity index is 881. The molecule has 0 atom stereocenters. The number of methoxy groups -OCH3 is 1. The number of halogens is 1. The van der Waals surface area contributed by atoms with Crippen molar-refractivity contribution in [1.29, 1.82) is 0 Å². The third-order valence-electron chi connectivity index (χ3n) is 5.12. The Balaban J connectivity index is 1.89. The van der Waals surface area contributed by atoms with Crippen LogP contribution in [0.3, 0.4) is 0 Å². The molecule has 1 aliphatic heterocycles. The molecule has 1 aliphatic rings. The fraction of sp³-hybridized carbons (Fsp3) is 0.350. The van der Waals surface area contributed by atoms with Gasteiger partial charge >= 0.3 is 0 Å². The monoisotopic (exact) mass is 404 g/mol. The van der Waals surface area contributed by atoms with Gasteiger partial charge in [0.1, 0.15) is 11.3 Å². The Morgan fingerprint density at radius 2 is 2.00 bits per heavy atom. The molecule has 148 valence electrons. The summed E-state index contributed by atoms with van der Waals surface area (Å²) in [6.45, 7) is 1.43. The number of hydrogen-bond acceptors (Lipinski definition) is 5. The van der Waals surface area contributed by atoms with Gasteiger partial charge in [0.25, 0.3) is 11.6 Å². The first-order chi connectivity index (χ1) is 13.5. The molecule has 8 heteroatoms. The number of nitro groups is 1. The molecule has 0 aromatic heterocycles. The number of benzene rings is 2. The summed E-state index contributed by atoms with van der Waals surface area (Å²) in [4.78, 5) is 23.4. The van der Waals surface area contributed by atoms with E-state index in [2.05, 4.69) is 5.32 Å². The van der Waals surface area contributed by atoms with E-state index < -0.39 is 10.8 Å². The molecule has 1 fully saturated rings. The van der Waals surface area contributed by atoms with Crippen LogP contribution in [-0.4, -0.2) is 37.7 Å². The Hall–Kier alpha value is -2.64. The number of nitrogens with one attached hydrogen (secondary N) is 1. The quantitative estimate of drug-likeness (QED) is 0.585. The van der Waals surface area contributed by atoms with E-state index in [4.69, 9.17) is 21.1 Å². The maximum Gasteiger partial charge on any atom is 0.282 e. The van der Waals surface area contributed by atoms with E-state index in [1.807, 2.05) is 24.3 Å². The molecular formula is C20H21ClN2O5. The molecule has 1 amide bonds. The van der Waals surface area contributed by atoms with Crippen molar-refractivity contribution in [2.24, 2.45) is 0 Å². The van der Waals surface area contributed by atoms with E-state index in [1.54, 1.807) is 7.11 Å². The van der Waals surface area contributed by atoms with Gasteiger partial charge in [-0.1, -0.05) is 29.8 Å². The molecule has 2 aromatic rings. The van der Waals surface area contributed by atoms with Crippen molar-refractivity contribution < 1.29 is 19.2 Å². The van der Waals surface area contributed by atoms with Crippen molar-refractivity contribution in [2.45, 2.75) is 18.3 Å². The number of carbonyl (C=O) groups is 1. The average Bonchev–Trinajstić information content (AvgIpc) is 2.72. The van der Waals surface area contributed by atoms with Gasteiger partial charge in [0.05, 0.1) is 12.0 Å². The maximum atomic E-state index is 12.8. The van der Waals surface area contributed by atoms with Crippen LogP contribution in [0.4, 0.5) is 5.69 Å². The fourth-order valence-corrected chi connectivity index (χ4v) is 3.75. The Labute approximate surface area is 167 Å². The lowest BCUT2D eigenvalue weighted by Crippen LogP contribution is -2.44. The number of para-hydroxylation sites is 1. The Kier molecular flexibility index (Phi) is 6.16. The van der Waals surface area contributed by atoms with Gasteiger partial charge in [0.2, 0.25) is 0 Å². The summed E-state index contributed by atoms with van der Waals surface area (Å²) < 4.78 is 11.0. The lowest BCUT2D eigenvalue weighted by Gasteiger charge is -2.38. The van der Waals surface area contributed by atoms with Crippen LogP contribution >= 0.6 is 11.6 Å². The fourth-order valence-electron chi connectivity index (χ4n) is 3.58. The van der Waals surface area contributed by atoms with E-state index >= 15 is 0 Å². The van der Waals surface area contributed by atoms with Crippen LogP contribution in [0.2, 0.25) is 5.02 Å². The van der Waals surface area contributed by atoms with Gasteiger partial charge in [-0.2, -0.15) is 0 Å². The second-order valence-electron chi connectivity index (χ2n) is 6.69. The van der Waals surface area contributed by atoms with Crippen molar-refractivity contribution in [3.05, 3.63) is 68.7 Å². The van der Waals surface area contributed by atoms with Crippen LogP contribution < -0.4 is 10.1 Å². The first kappa shape index (κ1) is 20.1. The first-order valence-corrected chi connectivity index (χ1v) is 9.28. The van der Waals surface area contributed by atoms with Gasteiger partial charge in [-0.25, -0.2) is 0 Å². The highest BCUT2D eigenvalue weighted by Crippen LogP contribution is 2.39. The average molecular weight is 405 g/mol. The third-order valence-corrected chi connectivity index (χ3v) is 5.35. The maximum absolute atomic E-state index is 12.8. The summed E-state index contributed by atoms with van der Waals surface area (Å²) in [7, 11) is 1.61. The minimum atomic E-state index is -0.588. The summed E-state index contributed by atoms with van der Waals surface area (Å²) in [6, 6.07) is 11.6. The zero-order valence-corrected chi connectivity index (χ0v) is 16.2. The standard InChI is InChI=1S/C20H21ClN2O5/c1-27-18-5-3-2-4-16(18)20(8-10-28-11-9-20)13-22-19(24)15-12-14(21)6-7-17(15)23(25)26/h2-7,12H,8-11,13H2,1H3,(H,22,24). The molecule has 2 aromatic carbocycles. The Morgan fingerprint density at radius 1 is 1.29 bits per heavy atom. The topological polar surface area (TPSA) is 90.7 Å². The van der Waals surface area contributed by atoms with Gasteiger partial charge in [0, 0.05) is 41.8 Å². The molecule has 28 heavy (non-hydrogen) atoms. The molecule has 0 bridgehead atoms. The van der Waals surface area contributed by atoms with Crippen LogP contribution in [0, 0.1) is 10.1 Å². The SMILES string of the molecule is COc1ccccc1C1(CNC(=O)c2cc(Cl)ccc2[N+](=O)[O-])CCOCC1. The minimum Gasteiger partial charge on any atom is -0.496 e. The summed E-state index contributed by atoms with van der Waals surface area (Å²) in [5.74, 6) is 0.211. The number of ether oxygens (including phenoxy) is 2. The molecule has 0 spiro atoms. The van der Waals surface area contributed by atoms with Crippen molar-refractivity contribution in [2.75, 3.05) is 26.9 Å². The number of hydrogen-bond donors (Lipinski definition) is 1. The summed E-state index contributed by atoms with van der Waals surface area (Å²) in [6.07, 6.45) is 1.40. The lowest BCUT2D eigenvalue weighted by molar-refractivity contribution is -0.385. The molecular weight excluding hydrogens is 384 g/mol. The predicted molar refractivity (Wildman–Crippen MR) is 105 cm³/mol. The van der Waals surface area contributed by atoms with E-state index in [1.165, 1.54) is 18.2 Å². The number of nitro benzene ring substituents is 1. The van der Waals surface area contributed by atoms with Gasteiger partial charge < -0.3 is 14.8 Å². The molecule has 3 rings (SSSR count). The van der Waals surface area contributed by atoms with Crippen LogP contribution in [-0.2, 0) is 10.2 Å². The molecule has 1 saturated heterocycles. The number of carbonyl (C=O) groups excluding carboxylic acids is 1. The van der Waals surface area contributed by atoms with Crippen LogP contribution in [0.25, 0.3) is 0 Å². The molecule has 0 saturated carbocycles. The number of amides is 1. The third kappa shape index (κ3) is 4.10. The van der Waals surface area contributed by atoms with E-state index in [-0.39, 0.29) is 21.7 Å². The molecule has 1 N–H and O–H groups in total. The highest BCUT2D eigenvalue weighted by atomic mass is 35.5. The zero-order chi connectivity index (χ0) is 20.1. The van der Waals surface area contributed by atoms with Crippen molar-refractivity contribution >= 4 is 23.2 Å². The van der Waals surface area contributed by atoms with E-state index in [0.29, 0.717) is 32.6 Å². The molecule has 0 aliphatic carbocycles. The van der Waals surface area contributed by atoms with Gasteiger partial charge in [-0.15, -0.1) is 0 Å². The summed E-state index contributed by atoms with van der Waals surface area (Å²) in [5.41, 5.74) is 0.273. The first-order valence-electron chi connectivity index (χ1n) is 8.90. The van der Waals surface area contributed by atoms with Crippen LogP contribution in [0.5, 0.6) is 5.75 Å². The second kappa shape index (κ2) is 8.58. The molecule has 0 radical (unpaired) electrons. The van der Waals surface area contributed by atoms with Gasteiger partial charge in [0.15, 0.2) is 0 Å². The largest absolute Gasteiger partial charge is 0.496 e. The van der Waals surface area contributed by atoms with Crippen LogP contribution in [0.1, 0.15) is 28.8 Å². The van der Waals surface area contributed by atoms with Gasteiger partial charge in [-0.05, 0) is 31.0 Å². The summed E-state index contributed by atoms with van der Waals surface area (Å²) in [5, 5.41) is 14.4. The van der Waals surface area contributed by atoms with Crippen LogP contribution in [0.15, 0.2) is 42.5 Å². The highest BCUT2D eigenvalue weighted by molar-refractivity contribution is 6.31. The van der Waals surface area contributed by atoms with Gasteiger partial charge in [-0.3, -0.25) is 14.9 Å². The molecule has 1 heterocycles. The van der Waals surface area contributed by atoms with E-state index in [0.717, 1.165) is 11.3 Å². The van der Waals surface area contributed by atoms with E-state index in [9.17, 15) is 14.9 Å². The zero-order valence-electron chi connectivity index (χ0n) is 15.4. The molecule has 7 nitrogen and oxygen atoms in total. The highest BCUT2D eigenvalue weighted by Gasteiger charge is 2.37. The van der Waals surface area contributed by atoms with Crippen molar-refractivity contribution in [3.63, 3.8) is 0 Å². The number of rotatable bonds is 6. The minimum absolute atomic E-state index is 0.0558. The second-order valence-corrected chi connectivity index (χ2v) is 7.13. The number of nitrogens with zero attached hydrogens (tertiary/aromatic N) is 1.